The summed E-state index contributed by atoms with van der Waals surface area (Å²) in [6.07, 6.45) is 2.19. The Morgan fingerprint density at radius 2 is 1.37 bits per heavy atom. The Morgan fingerprint density at radius 1 is 0.733 bits per heavy atom. The van der Waals surface area contributed by atoms with E-state index in [1.165, 1.54) is 41.9 Å². The molecule has 3 aromatic carbocycles. The van der Waals surface area contributed by atoms with E-state index in [1.807, 2.05) is 12.1 Å². The van der Waals surface area contributed by atoms with E-state index in [-0.39, 0.29) is 5.82 Å². The van der Waals surface area contributed by atoms with Crippen LogP contribution < -0.4 is 4.90 Å². The summed E-state index contributed by atoms with van der Waals surface area (Å²) in [4.78, 5) is 5.15. The minimum absolute atomic E-state index is 0.175. The van der Waals surface area contributed by atoms with Gasteiger partial charge in [0.1, 0.15) is 5.82 Å². The van der Waals surface area contributed by atoms with Crippen LogP contribution in [0, 0.1) is 11.7 Å². The van der Waals surface area contributed by atoms with Gasteiger partial charge in [0.15, 0.2) is 0 Å². The maximum Gasteiger partial charge on any atom is 0.123 e. The van der Waals surface area contributed by atoms with E-state index in [9.17, 15) is 4.39 Å². The van der Waals surface area contributed by atoms with E-state index >= 15 is 0 Å². The Balaban J connectivity index is 1.10. The van der Waals surface area contributed by atoms with Gasteiger partial charge >= 0.3 is 0 Å². The lowest BCUT2D eigenvalue weighted by Crippen LogP contribution is -2.47. The molecule has 2 fully saturated rings. The molecule has 0 radical (unpaired) electrons. The standard InChI is InChI=1S/C27H29FN2/c28-25-10-6-21(7-11-25)18-22-8-12-26(13-9-22)30-16-14-29(15-17-30)20-24-19-27(24)23-4-2-1-3-5-23/h1-13,24,27H,14-20H2/t24-,27-/m0/s1. The van der Waals surface area contributed by atoms with Crippen LogP contribution in [0.3, 0.4) is 0 Å². The smallest absolute Gasteiger partial charge is 0.123 e. The first-order chi connectivity index (χ1) is 14.7. The van der Waals surface area contributed by atoms with Crippen LogP contribution in [0.25, 0.3) is 0 Å². The Morgan fingerprint density at radius 3 is 2.03 bits per heavy atom. The molecular formula is C27H29FN2. The summed E-state index contributed by atoms with van der Waals surface area (Å²) >= 11 is 0. The lowest BCUT2D eigenvalue weighted by Gasteiger charge is -2.36. The van der Waals surface area contributed by atoms with E-state index in [1.54, 1.807) is 0 Å². The minimum atomic E-state index is -0.175. The maximum atomic E-state index is 13.1. The third-order valence-electron chi connectivity index (χ3n) is 6.64. The molecule has 154 valence electrons. The van der Waals surface area contributed by atoms with E-state index in [0.717, 1.165) is 50.0 Å². The molecule has 0 unspecified atom stereocenters. The predicted octanol–water partition coefficient (Wildman–Crippen LogP) is 5.34. The van der Waals surface area contributed by atoms with Crippen molar-refractivity contribution in [2.24, 2.45) is 5.92 Å². The average molecular weight is 401 g/mol. The third kappa shape index (κ3) is 4.57. The van der Waals surface area contributed by atoms with Gasteiger partial charge in [0.05, 0.1) is 0 Å². The largest absolute Gasteiger partial charge is 0.369 e. The van der Waals surface area contributed by atoms with Crippen molar-refractivity contribution in [2.45, 2.75) is 18.8 Å². The van der Waals surface area contributed by atoms with E-state index in [4.69, 9.17) is 0 Å². The number of hydrogen-bond acceptors (Lipinski definition) is 2. The highest BCUT2D eigenvalue weighted by Gasteiger charge is 2.39. The predicted molar refractivity (Wildman–Crippen MR) is 122 cm³/mol. The summed E-state index contributed by atoms with van der Waals surface area (Å²) in [5.41, 5.74) is 5.24. The normalized spacial score (nSPS) is 21.6. The van der Waals surface area contributed by atoms with E-state index < -0.39 is 0 Å². The molecule has 2 nitrogen and oxygen atoms in total. The fourth-order valence-electron chi connectivity index (χ4n) is 4.74. The van der Waals surface area contributed by atoms with E-state index in [0.29, 0.717) is 0 Å². The third-order valence-corrected chi connectivity index (χ3v) is 6.64. The van der Waals surface area contributed by atoms with Crippen LogP contribution in [0.1, 0.15) is 29.0 Å². The summed E-state index contributed by atoms with van der Waals surface area (Å²) in [5.74, 6) is 1.44. The molecular weight excluding hydrogens is 371 g/mol. The first-order valence-corrected chi connectivity index (χ1v) is 11.1. The lowest BCUT2D eigenvalue weighted by molar-refractivity contribution is 0.246. The van der Waals surface area contributed by atoms with E-state index in [2.05, 4.69) is 64.4 Å². The monoisotopic (exact) mass is 400 g/mol. The Kier molecular flexibility index (Phi) is 5.54. The van der Waals surface area contributed by atoms with Gasteiger partial charge in [0.2, 0.25) is 0 Å². The van der Waals surface area contributed by atoms with Crippen molar-refractivity contribution in [3.05, 3.63) is 101 Å². The molecule has 5 rings (SSSR count). The van der Waals surface area contributed by atoms with Gasteiger partial charge < -0.3 is 4.90 Å². The van der Waals surface area contributed by atoms with Crippen LogP contribution in [-0.2, 0) is 6.42 Å². The number of hydrogen-bond donors (Lipinski definition) is 0. The first kappa shape index (κ1) is 19.3. The zero-order chi connectivity index (χ0) is 20.3. The van der Waals surface area contributed by atoms with Crippen LogP contribution in [0.2, 0.25) is 0 Å². The fourth-order valence-corrected chi connectivity index (χ4v) is 4.74. The molecule has 0 amide bonds. The topological polar surface area (TPSA) is 6.48 Å². The van der Waals surface area contributed by atoms with Crippen molar-refractivity contribution in [1.82, 2.24) is 4.90 Å². The average Bonchev–Trinajstić information content (AvgIpc) is 3.56. The van der Waals surface area contributed by atoms with Gasteiger partial charge in [-0.05, 0) is 65.6 Å². The van der Waals surface area contributed by atoms with Crippen molar-refractivity contribution in [2.75, 3.05) is 37.6 Å². The highest BCUT2D eigenvalue weighted by Crippen LogP contribution is 2.47. The highest BCUT2D eigenvalue weighted by atomic mass is 19.1. The molecule has 1 heterocycles. The summed E-state index contributed by atoms with van der Waals surface area (Å²) in [6, 6.07) is 26.7. The number of benzene rings is 3. The van der Waals surface area contributed by atoms with Crippen LogP contribution in [0.4, 0.5) is 10.1 Å². The Bertz CT molecular complexity index is 944. The quantitative estimate of drug-likeness (QED) is 0.551. The highest BCUT2D eigenvalue weighted by molar-refractivity contribution is 5.48. The van der Waals surface area contributed by atoms with Crippen LogP contribution in [0.15, 0.2) is 78.9 Å². The second-order valence-corrected chi connectivity index (χ2v) is 8.77. The molecule has 0 bridgehead atoms. The van der Waals surface area contributed by atoms with Crippen molar-refractivity contribution >= 4 is 5.69 Å². The zero-order valence-corrected chi connectivity index (χ0v) is 17.4. The van der Waals surface area contributed by atoms with Gasteiger partial charge in [-0.3, -0.25) is 4.90 Å². The number of piperazine rings is 1. The lowest BCUT2D eigenvalue weighted by atomic mass is 10.0. The van der Waals surface area contributed by atoms with Gasteiger partial charge in [-0.25, -0.2) is 4.39 Å². The number of rotatable bonds is 6. The molecule has 1 saturated carbocycles. The number of anilines is 1. The second-order valence-electron chi connectivity index (χ2n) is 8.77. The van der Waals surface area contributed by atoms with Gasteiger partial charge in [-0.1, -0.05) is 54.6 Å². The van der Waals surface area contributed by atoms with Gasteiger partial charge in [0.25, 0.3) is 0 Å². The number of nitrogens with zero attached hydrogens (tertiary/aromatic N) is 2. The zero-order valence-electron chi connectivity index (χ0n) is 17.4. The molecule has 3 aromatic rings. The number of halogens is 1. The van der Waals surface area contributed by atoms with Crippen molar-refractivity contribution in [3.8, 4) is 0 Å². The molecule has 30 heavy (non-hydrogen) atoms. The van der Waals surface area contributed by atoms with Crippen LogP contribution in [0.5, 0.6) is 0 Å². The Hall–Kier alpha value is -2.65. The van der Waals surface area contributed by atoms with Gasteiger partial charge in [-0.15, -0.1) is 0 Å². The van der Waals surface area contributed by atoms with Gasteiger partial charge in [-0.2, -0.15) is 0 Å². The summed E-state index contributed by atoms with van der Waals surface area (Å²) in [7, 11) is 0. The van der Waals surface area contributed by atoms with Gasteiger partial charge in [0, 0.05) is 38.4 Å². The fraction of sp³-hybridized carbons (Fsp3) is 0.333. The summed E-state index contributed by atoms with van der Waals surface area (Å²) in [5, 5.41) is 0. The summed E-state index contributed by atoms with van der Waals surface area (Å²) < 4.78 is 13.1. The van der Waals surface area contributed by atoms with Crippen LogP contribution in [-0.4, -0.2) is 37.6 Å². The van der Waals surface area contributed by atoms with Crippen molar-refractivity contribution in [1.29, 1.82) is 0 Å². The molecule has 0 spiro atoms. The molecule has 0 aromatic heterocycles. The molecule has 1 saturated heterocycles. The molecule has 1 aliphatic heterocycles. The molecule has 1 aliphatic carbocycles. The minimum Gasteiger partial charge on any atom is -0.369 e. The molecule has 3 heteroatoms. The molecule has 2 aliphatic rings. The van der Waals surface area contributed by atoms with Crippen LogP contribution >= 0.6 is 0 Å². The second kappa shape index (κ2) is 8.61. The Labute approximate surface area is 179 Å². The molecule has 2 atom stereocenters. The SMILES string of the molecule is Fc1ccc(Cc2ccc(N3CCN(C[C@@H]4C[C@H]4c4ccccc4)CC3)cc2)cc1. The van der Waals surface area contributed by atoms with Crippen molar-refractivity contribution < 1.29 is 4.39 Å². The first-order valence-electron chi connectivity index (χ1n) is 11.1. The van der Waals surface area contributed by atoms with Crippen molar-refractivity contribution in [3.63, 3.8) is 0 Å². The maximum absolute atomic E-state index is 13.1. The summed E-state index contributed by atoms with van der Waals surface area (Å²) in [6.45, 7) is 5.73. The molecule has 0 N–H and O–H groups in total.